The maximum atomic E-state index is 13.5. The van der Waals surface area contributed by atoms with E-state index in [9.17, 15) is 4.39 Å². The van der Waals surface area contributed by atoms with E-state index in [0.29, 0.717) is 11.7 Å². The van der Waals surface area contributed by atoms with Crippen LogP contribution in [0.3, 0.4) is 0 Å². The molecule has 1 aromatic carbocycles. The molecule has 0 bridgehead atoms. The lowest BCUT2D eigenvalue weighted by molar-refractivity contribution is 0.625. The molecule has 0 aromatic heterocycles. The Balaban J connectivity index is 1.90. The predicted molar refractivity (Wildman–Crippen MR) is 68.9 cm³/mol. The molecule has 0 amide bonds. The second-order valence-corrected chi connectivity index (χ2v) is 5.56. The summed E-state index contributed by atoms with van der Waals surface area (Å²) >= 11 is 5.73. The van der Waals surface area contributed by atoms with Gasteiger partial charge in [0.15, 0.2) is 0 Å². The summed E-state index contributed by atoms with van der Waals surface area (Å²) in [5.74, 6) is 0.394. The van der Waals surface area contributed by atoms with Crippen molar-refractivity contribution in [3.63, 3.8) is 0 Å². The number of nitrogens with two attached hydrogens (primary N) is 1. The fourth-order valence-electron chi connectivity index (χ4n) is 2.21. The van der Waals surface area contributed by atoms with Gasteiger partial charge in [-0.1, -0.05) is 11.6 Å². The third-order valence-electron chi connectivity index (χ3n) is 3.52. The molecule has 2 saturated carbocycles. The number of nitrogens with zero attached hydrogens (tertiary/aromatic N) is 1. The van der Waals surface area contributed by atoms with Crippen LogP contribution in [0.1, 0.15) is 25.7 Å². The fourth-order valence-corrected chi connectivity index (χ4v) is 2.38. The van der Waals surface area contributed by atoms with Crippen molar-refractivity contribution in [2.24, 2.45) is 5.92 Å². The number of anilines is 2. The zero-order valence-corrected chi connectivity index (χ0v) is 10.4. The summed E-state index contributed by atoms with van der Waals surface area (Å²) < 4.78 is 13.5. The van der Waals surface area contributed by atoms with Crippen LogP contribution in [-0.2, 0) is 0 Å². The SMILES string of the molecule is Nc1cc(Cl)c(F)cc1N(CC1CC1)C1CC1. The first kappa shape index (κ1) is 11.1. The van der Waals surface area contributed by atoms with Gasteiger partial charge in [0.05, 0.1) is 16.4 Å². The molecule has 0 heterocycles. The van der Waals surface area contributed by atoms with E-state index in [1.165, 1.54) is 37.8 Å². The quantitative estimate of drug-likeness (QED) is 0.834. The first-order valence-corrected chi connectivity index (χ1v) is 6.54. The van der Waals surface area contributed by atoms with E-state index < -0.39 is 0 Å². The van der Waals surface area contributed by atoms with E-state index in [-0.39, 0.29) is 10.8 Å². The smallest absolute Gasteiger partial charge is 0.144 e. The van der Waals surface area contributed by atoms with Gasteiger partial charge in [0, 0.05) is 18.7 Å². The Kier molecular flexibility index (Phi) is 2.66. The third-order valence-corrected chi connectivity index (χ3v) is 3.81. The van der Waals surface area contributed by atoms with E-state index in [1.54, 1.807) is 0 Å². The molecular weight excluding hydrogens is 239 g/mol. The summed E-state index contributed by atoms with van der Waals surface area (Å²) in [6.45, 7) is 1.01. The van der Waals surface area contributed by atoms with E-state index >= 15 is 0 Å². The molecule has 2 N–H and O–H groups in total. The average Bonchev–Trinajstić information content (AvgIpc) is 3.14. The Morgan fingerprint density at radius 2 is 2.00 bits per heavy atom. The second-order valence-electron chi connectivity index (χ2n) is 5.15. The lowest BCUT2D eigenvalue weighted by Gasteiger charge is -2.26. The molecule has 4 heteroatoms. The van der Waals surface area contributed by atoms with Gasteiger partial charge in [-0.3, -0.25) is 0 Å². The summed E-state index contributed by atoms with van der Waals surface area (Å²) in [4.78, 5) is 2.27. The number of nitrogen functional groups attached to an aromatic ring is 1. The molecule has 0 saturated heterocycles. The van der Waals surface area contributed by atoms with Crippen molar-refractivity contribution in [3.8, 4) is 0 Å². The lowest BCUT2D eigenvalue weighted by atomic mass is 10.2. The molecule has 17 heavy (non-hydrogen) atoms. The molecule has 2 nitrogen and oxygen atoms in total. The van der Waals surface area contributed by atoms with Crippen molar-refractivity contribution < 1.29 is 4.39 Å². The fraction of sp³-hybridized carbons (Fsp3) is 0.538. The summed E-state index contributed by atoms with van der Waals surface area (Å²) in [5.41, 5.74) is 7.37. The first-order chi connectivity index (χ1) is 8.15. The van der Waals surface area contributed by atoms with Crippen molar-refractivity contribution in [3.05, 3.63) is 23.0 Å². The van der Waals surface area contributed by atoms with E-state index in [2.05, 4.69) is 4.90 Å². The number of hydrogen-bond donors (Lipinski definition) is 1. The van der Waals surface area contributed by atoms with Crippen molar-refractivity contribution >= 4 is 23.0 Å². The van der Waals surface area contributed by atoms with Crippen molar-refractivity contribution in [1.29, 1.82) is 0 Å². The maximum Gasteiger partial charge on any atom is 0.144 e. The Morgan fingerprint density at radius 3 is 2.59 bits per heavy atom. The highest BCUT2D eigenvalue weighted by atomic mass is 35.5. The van der Waals surface area contributed by atoms with Gasteiger partial charge in [0.25, 0.3) is 0 Å². The van der Waals surface area contributed by atoms with Gasteiger partial charge >= 0.3 is 0 Å². The maximum absolute atomic E-state index is 13.5. The van der Waals surface area contributed by atoms with Gasteiger partial charge in [-0.2, -0.15) is 0 Å². The van der Waals surface area contributed by atoms with Crippen LogP contribution in [0.5, 0.6) is 0 Å². The predicted octanol–water partition coefficient (Wildman–Crippen LogP) is 3.44. The van der Waals surface area contributed by atoms with Crippen LogP contribution in [0.2, 0.25) is 5.02 Å². The van der Waals surface area contributed by atoms with Crippen LogP contribution in [0, 0.1) is 11.7 Å². The average molecular weight is 255 g/mol. The second kappa shape index (κ2) is 4.05. The molecule has 1 aromatic rings. The molecule has 0 atom stereocenters. The minimum absolute atomic E-state index is 0.105. The summed E-state index contributed by atoms with van der Waals surface area (Å²) in [6.07, 6.45) is 4.96. The molecular formula is C13H16ClFN2. The number of benzene rings is 1. The number of rotatable bonds is 4. The standard InChI is InChI=1S/C13H16ClFN2/c14-10-5-12(16)13(6-11(10)15)17(9-3-4-9)7-8-1-2-8/h5-6,8-9H,1-4,7,16H2. The summed E-state index contributed by atoms with van der Waals surface area (Å²) in [7, 11) is 0. The molecule has 2 fully saturated rings. The van der Waals surface area contributed by atoms with E-state index in [4.69, 9.17) is 17.3 Å². The Bertz CT molecular complexity index is 441. The highest BCUT2D eigenvalue weighted by molar-refractivity contribution is 6.31. The largest absolute Gasteiger partial charge is 0.397 e. The Labute approximate surface area is 106 Å². The zero-order chi connectivity index (χ0) is 12.0. The van der Waals surface area contributed by atoms with Crippen LogP contribution < -0.4 is 10.6 Å². The highest BCUT2D eigenvalue weighted by Gasteiger charge is 2.34. The summed E-state index contributed by atoms with van der Waals surface area (Å²) in [5, 5.41) is 0.105. The van der Waals surface area contributed by atoms with Gasteiger partial charge in [-0.05, 0) is 37.7 Å². The van der Waals surface area contributed by atoms with Gasteiger partial charge in [0.2, 0.25) is 0 Å². The van der Waals surface area contributed by atoms with Gasteiger partial charge in [-0.15, -0.1) is 0 Å². The molecule has 0 aliphatic heterocycles. The monoisotopic (exact) mass is 254 g/mol. The number of halogens is 2. The van der Waals surface area contributed by atoms with E-state index in [0.717, 1.165) is 18.2 Å². The van der Waals surface area contributed by atoms with Crippen molar-refractivity contribution in [2.75, 3.05) is 17.2 Å². The van der Waals surface area contributed by atoms with Crippen LogP contribution in [0.25, 0.3) is 0 Å². The van der Waals surface area contributed by atoms with Crippen LogP contribution in [-0.4, -0.2) is 12.6 Å². The topological polar surface area (TPSA) is 29.3 Å². The molecule has 2 aliphatic rings. The van der Waals surface area contributed by atoms with Gasteiger partial charge in [0.1, 0.15) is 5.82 Å². The zero-order valence-electron chi connectivity index (χ0n) is 9.63. The minimum atomic E-state index is -0.377. The summed E-state index contributed by atoms with van der Waals surface area (Å²) in [6, 6.07) is 3.56. The molecule has 0 radical (unpaired) electrons. The molecule has 3 rings (SSSR count). The molecule has 0 unspecified atom stereocenters. The normalized spacial score (nSPS) is 19.4. The third kappa shape index (κ3) is 2.34. The van der Waals surface area contributed by atoms with Crippen molar-refractivity contribution in [1.82, 2.24) is 0 Å². The molecule has 92 valence electrons. The van der Waals surface area contributed by atoms with Gasteiger partial charge in [-0.25, -0.2) is 4.39 Å². The minimum Gasteiger partial charge on any atom is -0.397 e. The Hall–Kier alpha value is -0.960. The number of hydrogen-bond acceptors (Lipinski definition) is 2. The Morgan fingerprint density at radius 1 is 1.29 bits per heavy atom. The van der Waals surface area contributed by atoms with Crippen LogP contribution in [0.4, 0.5) is 15.8 Å². The lowest BCUT2D eigenvalue weighted by Crippen LogP contribution is -2.28. The highest BCUT2D eigenvalue weighted by Crippen LogP contribution is 2.40. The van der Waals surface area contributed by atoms with Gasteiger partial charge < -0.3 is 10.6 Å². The van der Waals surface area contributed by atoms with Crippen LogP contribution >= 0.6 is 11.6 Å². The first-order valence-electron chi connectivity index (χ1n) is 6.16. The van der Waals surface area contributed by atoms with Crippen molar-refractivity contribution in [2.45, 2.75) is 31.7 Å². The molecule has 0 spiro atoms. The molecule has 2 aliphatic carbocycles. The van der Waals surface area contributed by atoms with Crippen LogP contribution in [0.15, 0.2) is 12.1 Å². The van der Waals surface area contributed by atoms with E-state index in [1.807, 2.05) is 0 Å².